The maximum Gasteiger partial charge on any atom is 0.289 e. The van der Waals surface area contributed by atoms with Gasteiger partial charge in [0.2, 0.25) is 0 Å². The van der Waals surface area contributed by atoms with E-state index in [1.165, 1.54) is 12.1 Å². The molecule has 27 heavy (non-hydrogen) atoms. The molecule has 1 N–H and O–H groups in total. The molecule has 1 aliphatic carbocycles. The van der Waals surface area contributed by atoms with Crippen molar-refractivity contribution in [2.24, 2.45) is 5.92 Å². The Morgan fingerprint density at radius 2 is 2.07 bits per heavy atom. The Hall–Kier alpha value is -2.35. The number of hydrogen-bond acceptors (Lipinski definition) is 7. The van der Waals surface area contributed by atoms with Crippen LogP contribution in [0, 0.1) is 31.2 Å². The topological polar surface area (TPSA) is 113 Å². The summed E-state index contributed by atoms with van der Waals surface area (Å²) in [6.45, 7) is 2.11. The van der Waals surface area contributed by atoms with Crippen LogP contribution in [-0.4, -0.2) is 13.3 Å². The van der Waals surface area contributed by atoms with Crippen LogP contribution in [0.2, 0.25) is 0 Å². The Kier molecular flexibility index (Phi) is 5.28. The lowest BCUT2D eigenvalue weighted by Gasteiger charge is -2.23. The molecule has 0 amide bonds. The fourth-order valence-corrected chi connectivity index (χ4v) is 6.01. The SMILES string of the molecule is CC1CCc2c(C#N)c(NS(=O)(=O)c3ccccc3[N+](=O)[O-])sc(=S)c2C1. The summed E-state index contributed by atoms with van der Waals surface area (Å²) in [5, 5.41) is 20.9. The third-order valence-electron chi connectivity index (χ3n) is 4.46. The van der Waals surface area contributed by atoms with Gasteiger partial charge in [0, 0.05) is 6.07 Å². The molecule has 1 unspecified atom stereocenters. The van der Waals surface area contributed by atoms with Crippen LogP contribution in [-0.2, 0) is 22.9 Å². The lowest BCUT2D eigenvalue weighted by molar-refractivity contribution is -0.387. The largest absolute Gasteiger partial charge is 0.289 e. The normalized spacial score (nSPS) is 16.2. The van der Waals surface area contributed by atoms with Crippen molar-refractivity contribution in [1.29, 1.82) is 5.26 Å². The second kappa shape index (κ2) is 7.34. The first kappa shape index (κ1) is 19.4. The van der Waals surface area contributed by atoms with Crippen LogP contribution >= 0.6 is 23.6 Å². The number of hydrogen-bond donors (Lipinski definition) is 1. The monoisotopic (exact) mass is 421 g/mol. The van der Waals surface area contributed by atoms with E-state index in [2.05, 4.69) is 17.7 Å². The fourth-order valence-electron chi connectivity index (χ4n) is 3.14. The molecule has 3 rings (SSSR count). The lowest BCUT2D eigenvalue weighted by atomic mass is 9.85. The number of nitriles is 1. The highest BCUT2D eigenvalue weighted by Crippen LogP contribution is 2.37. The number of nitrogens with one attached hydrogen (secondary N) is 1. The van der Waals surface area contributed by atoms with Crippen LogP contribution in [0.3, 0.4) is 0 Å². The highest BCUT2D eigenvalue weighted by atomic mass is 32.2. The van der Waals surface area contributed by atoms with Crippen molar-refractivity contribution in [3.63, 3.8) is 0 Å². The molecule has 0 spiro atoms. The number of para-hydroxylation sites is 1. The van der Waals surface area contributed by atoms with Crippen LogP contribution in [0.25, 0.3) is 0 Å². The molecule has 0 radical (unpaired) electrons. The summed E-state index contributed by atoms with van der Waals surface area (Å²) in [5.74, 6) is 0.451. The second-order valence-electron chi connectivity index (χ2n) is 6.34. The highest BCUT2D eigenvalue weighted by Gasteiger charge is 2.28. The summed E-state index contributed by atoms with van der Waals surface area (Å²) < 4.78 is 28.4. The average molecular weight is 422 g/mol. The predicted octanol–water partition coefficient (Wildman–Crippen LogP) is 4.18. The number of fused-ring (bicyclic) bond motifs is 1. The Morgan fingerprint density at radius 3 is 2.74 bits per heavy atom. The Balaban J connectivity index is 2.12. The molecule has 0 fully saturated rings. The molecular formula is C17H15N3O4S3. The van der Waals surface area contributed by atoms with Crippen LogP contribution in [0.15, 0.2) is 29.2 Å². The maximum atomic E-state index is 12.8. The van der Waals surface area contributed by atoms with Gasteiger partial charge in [0.05, 0.1) is 14.3 Å². The second-order valence-corrected chi connectivity index (χ2v) is 9.68. The van der Waals surface area contributed by atoms with E-state index in [-0.39, 0.29) is 10.6 Å². The summed E-state index contributed by atoms with van der Waals surface area (Å²) in [5.41, 5.74) is 1.43. The summed E-state index contributed by atoms with van der Waals surface area (Å²) in [6, 6.07) is 7.16. The van der Waals surface area contributed by atoms with Gasteiger partial charge >= 0.3 is 0 Å². The van der Waals surface area contributed by atoms with Crippen molar-refractivity contribution in [2.75, 3.05) is 4.72 Å². The minimum Gasteiger partial charge on any atom is -0.269 e. The van der Waals surface area contributed by atoms with Crippen LogP contribution in [0.1, 0.15) is 30.0 Å². The van der Waals surface area contributed by atoms with E-state index < -0.39 is 25.5 Å². The number of sulfonamides is 1. The van der Waals surface area contributed by atoms with Crippen molar-refractivity contribution in [3.8, 4) is 6.07 Å². The zero-order valence-corrected chi connectivity index (χ0v) is 16.7. The molecule has 1 aromatic heterocycles. The van der Waals surface area contributed by atoms with Gasteiger partial charge in [-0.3, -0.25) is 14.8 Å². The number of nitro groups is 1. The first-order chi connectivity index (χ1) is 12.7. The van der Waals surface area contributed by atoms with Crippen molar-refractivity contribution in [1.82, 2.24) is 0 Å². The molecule has 0 aliphatic heterocycles. The average Bonchev–Trinajstić information content (AvgIpc) is 2.62. The first-order valence-electron chi connectivity index (χ1n) is 8.09. The fraction of sp³-hybridized carbons (Fsp3) is 0.294. The smallest absolute Gasteiger partial charge is 0.269 e. The van der Waals surface area contributed by atoms with E-state index in [9.17, 15) is 23.8 Å². The Morgan fingerprint density at radius 1 is 1.37 bits per heavy atom. The number of anilines is 1. The predicted molar refractivity (Wildman–Crippen MR) is 105 cm³/mol. The van der Waals surface area contributed by atoms with Gasteiger partial charge in [-0.25, -0.2) is 8.42 Å². The van der Waals surface area contributed by atoms with Gasteiger partial charge in [-0.15, -0.1) is 11.3 Å². The molecule has 2 aromatic rings. The van der Waals surface area contributed by atoms with E-state index in [1.54, 1.807) is 0 Å². The first-order valence-corrected chi connectivity index (χ1v) is 10.8. The van der Waals surface area contributed by atoms with Gasteiger partial charge in [-0.2, -0.15) is 5.26 Å². The van der Waals surface area contributed by atoms with Gasteiger partial charge in [0.15, 0.2) is 4.90 Å². The minimum absolute atomic E-state index is 0.106. The van der Waals surface area contributed by atoms with Gasteiger partial charge in [-0.1, -0.05) is 31.3 Å². The zero-order valence-electron chi connectivity index (χ0n) is 14.3. The quantitative estimate of drug-likeness (QED) is 0.450. The zero-order chi connectivity index (χ0) is 19.8. The number of nitro benzene ring substituents is 1. The van der Waals surface area contributed by atoms with Gasteiger partial charge in [-0.05, 0) is 42.4 Å². The standard InChI is InChI=1S/C17H15N3O4S3/c1-10-6-7-11-12(8-10)17(25)26-16(13(11)9-18)19-27(23,24)15-5-3-2-4-14(15)20(21)22/h2-5,10,19H,6-8H2,1H3. The molecule has 1 aromatic carbocycles. The van der Waals surface area contributed by atoms with Crippen molar-refractivity contribution in [2.45, 2.75) is 31.1 Å². The summed E-state index contributed by atoms with van der Waals surface area (Å²) in [7, 11) is -4.25. The van der Waals surface area contributed by atoms with Crippen molar-refractivity contribution < 1.29 is 13.3 Å². The molecule has 0 saturated heterocycles. The van der Waals surface area contributed by atoms with Crippen molar-refractivity contribution >= 4 is 44.3 Å². The van der Waals surface area contributed by atoms with E-state index in [0.29, 0.717) is 16.2 Å². The van der Waals surface area contributed by atoms with Gasteiger partial charge < -0.3 is 0 Å². The molecule has 140 valence electrons. The molecule has 1 atom stereocenters. The summed E-state index contributed by atoms with van der Waals surface area (Å²) in [4.78, 5) is 9.96. The maximum absolute atomic E-state index is 12.8. The summed E-state index contributed by atoms with van der Waals surface area (Å²) >= 11 is 6.44. The van der Waals surface area contributed by atoms with Crippen molar-refractivity contribution in [3.05, 3.63) is 54.9 Å². The molecule has 0 bridgehead atoms. The van der Waals surface area contributed by atoms with Gasteiger partial charge in [0.25, 0.3) is 15.7 Å². The highest BCUT2D eigenvalue weighted by molar-refractivity contribution is 7.93. The molecular weight excluding hydrogens is 406 g/mol. The van der Waals surface area contributed by atoms with E-state index in [0.717, 1.165) is 47.4 Å². The van der Waals surface area contributed by atoms with E-state index in [4.69, 9.17) is 12.2 Å². The minimum atomic E-state index is -4.25. The van der Waals surface area contributed by atoms with Crippen LogP contribution in [0.4, 0.5) is 10.7 Å². The molecule has 1 heterocycles. The number of rotatable bonds is 4. The third kappa shape index (κ3) is 3.71. The Bertz CT molecular complexity index is 1130. The number of nitrogens with zero attached hydrogens (tertiary/aromatic N) is 2. The Labute approximate surface area is 165 Å². The molecule has 10 heteroatoms. The molecule has 7 nitrogen and oxygen atoms in total. The van der Waals surface area contributed by atoms with Gasteiger partial charge in [0.1, 0.15) is 11.1 Å². The van der Waals surface area contributed by atoms with E-state index >= 15 is 0 Å². The number of benzene rings is 1. The van der Waals surface area contributed by atoms with E-state index in [1.807, 2.05) is 0 Å². The molecule has 1 aliphatic rings. The molecule has 0 saturated carbocycles. The third-order valence-corrected chi connectivity index (χ3v) is 7.43. The van der Waals surface area contributed by atoms with Crippen LogP contribution < -0.4 is 4.72 Å². The lowest BCUT2D eigenvalue weighted by Crippen LogP contribution is -2.18. The summed E-state index contributed by atoms with van der Waals surface area (Å²) in [6.07, 6.45) is 2.30. The van der Waals surface area contributed by atoms with Crippen LogP contribution in [0.5, 0.6) is 0 Å².